The highest BCUT2D eigenvalue weighted by molar-refractivity contribution is 5.86. The Bertz CT molecular complexity index is 498. The molecule has 1 heterocycles. The van der Waals surface area contributed by atoms with E-state index in [2.05, 4.69) is 6.92 Å². The van der Waals surface area contributed by atoms with Crippen molar-refractivity contribution in [2.75, 3.05) is 6.54 Å². The summed E-state index contributed by atoms with van der Waals surface area (Å²) in [6, 6.07) is 6.76. The first-order chi connectivity index (χ1) is 9.85. The zero-order valence-corrected chi connectivity index (χ0v) is 13.1. The lowest BCUT2D eigenvalue weighted by Gasteiger charge is -2.31. The van der Waals surface area contributed by atoms with E-state index in [4.69, 9.17) is 5.73 Å². The van der Waals surface area contributed by atoms with Gasteiger partial charge in [-0.1, -0.05) is 25.5 Å². The Labute approximate surface area is 126 Å². The molecule has 1 aliphatic rings. The Morgan fingerprint density at radius 2 is 2.05 bits per heavy atom. The molecule has 0 radical (unpaired) electrons. The predicted octanol–water partition coefficient (Wildman–Crippen LogP) is 3.05. The molecular weight excluding hydrogens is 267 g/mol. The fourth-order valence-corrected chi connectivity index (χ4v) is 3.24. The van der Waals surface area contributed by atoms with Crippen LogP contribution in [0.3, 0.4) is 0 Å². The molecule has 1 saturated heterocycles. The lowest BCUT2D eigenvalue weighted by Crippen LogP contribution is -2.54. The third-order valence-corrected chi connectivity index (χ3v) is 4.43. The second kappa shape index (κ2) is 6.14. The van der Waals surface area contributed by atoms with Crippen LogP contribution in [-0.2, 0) is 4.79 Å². The summed E-state index contributed by atoms with van der Waals surface area (Å²) in [5.41, 5.74) is 6.48. The number of likely N-dealkylation sites (tertiary alicyclic amines) is 1. The van der Waals surface area contributed by atoms with E-state index >= 15 is 0 Å². The maximum absolute atomic E-state index is 13.0. The van der Waals surface area contributed by atoms with Gasteiger partial charge in [-0.3, -0.25) is 4.79 Å². The molecule has 3 nitrogen and oxygen atoms in total. The molecule has 3 unspecified atom stereocenters. The molecule has 1 amide bonds. The largest absolute Gasteiger partial charge is 0.338 e. The summed E-state index contributed by atoms with van der Waals surface area (Å²) in [7, 11) is 0. The van der Waals surface area contributed by atoms with Gasteiger partial charge in [-0.05, 0) is 44.4 Å². The average molecular weight is 292 g/mol. The van der Waals surface area contributed by atoms with E-state index in [0.29, 0.717) is 13.0 Å². The highest BCUT2D eigenvalue weighted by Crippen LogP contribution is 2.33. The van der Waals surface area contributed by atoms with E-state index in [9.17, 15) is 9.18 Å². The van der Waals surface area contributed by atoms with Crippen molar-refractivity contribution < 1.29 is 9.18 Å². The molecular formula is C17H25FN2O. The van der Waals surface area contributed by atoms with Crippen molar-refractivity contribution in [2.24, 2.45) is 5.73 Å². The third kappa shape index (κ3) is 3.43. The molecule has 1 aromatic rings. The molecule has 21 heavy (non-hydrogen) atoms. The number of nitrogens with zero attached hydrogens (tertiary/aromatic N) is 1. The first kappa shape index (κ1) is 16.0. The molecule has 116 valence electrons. The van der Waals surface area contributed by atoms with Crippen molar-refractivity contribution >= 4 is 5.91 Å². The first-order valence-electron chi connectivity index (χ1n) is 7.70. The highest BCUT2D eigenvalue weighted by Gasteiger charge is 2.39. The predicted molar refractivity (Wildman–Crippen MR) is 82.4 cm³/mol. The minimum Gasteiger partial charge on any atom is -0.338 e. The summed E-state index contributed by atoms with van der Waals surface area (Å²) in [4.78, 5) is 14.5. The molecule has 0 aliphatic carbocycles. The van der Waals surface area contributed by atoms with E-state index in [-0.39, 0.29) is 23.7 Å². The van der Waals surface area contributed by atoms with Crippen LogP contribution in [0.4, 0.5) is 4.39 Å². The van der Waals surface area contributed by atoms with E-state index in [0.717, 1.165) is 18.4 Å². The zero-order chi connectivity index (χ0) is 15.6. The van der Waals surface area contributed by atoms with Crippen LogP contribution in [0.25, 0.3) is 0 Å². The van der Waals surface area contributed by atoms with Crippen molar-refractivity contribution in [1.29, 1.82) is 0 Å². The summed E-state index contributed by atoms with van der Waals surface area (Å²) in [5.74, 6) is 0.0682. The molecule has 1 aliphatic heterocycles. The first-order valence-corrected chi connectivity index (χ1v) is 7.70. The molecule has 0 bridgehead atoms. The van der Waals surface area contributed by atoms with Crippen LogP contribution in [0.15, 0.2) is 24.3 Å². The normalized spacial score (nSPS) is 24.9. The van der Waals surface area contributed by atoms with Gasteiger partial charge in [0.05, 0.1) is 5.54 Å². The number of hydrogen-bond donors (Lipinski definition) is 1. The summed E-state index contributed by atoms with van der Waals surface area (Å²) >= 11 is 0. The number of halogens is 1. The fraction of sp³-hybridized carbons (Fsp3) is 0.588. The van der Waals surface area contributed by atoms with Crippen LogP contribution in [0, 0.1) is 5.82 Å². The standard InChI is InChI=1S/C17H25FN2O/c1-4-9-17(3,19)16(21)20-11-14(10-12(20)2)13-5-7-15(18)8-6-13/h5-8,12,14H,4,9-11,19H2,1-3H3. The molecule has 2 N–H and O–H groups in total. The molecule has 3 atom stereocenters. The molecule has 1 fully saturated rings. The second-order valence-electron chi connectivity index (χ2n) is 6.46. The van der Waals surface area contributed by atoms with Crippen molar-refractivity contribution in [2.45, 2.75) is 57.5 Å². The Morgan fingerprint density at radius 1 is 1.43 bits per heavy atom. The van der Waals surface area contributed by atoms with E-state index in [1.54, 1.807) is 0 Å². The van der Waals surface area contributed by atoms with Crippen LogP contribution in [-0.4, -0.2) is 28.9 Å². The number of carbonyl (C=O) groups excluding carboxylic acids is 1. The number of benzene rings is 1. The Hall–Kier alpha value is -1.42. The summed E-state index contributed by atoms with van der Waals surface area (Å²) in [6.07, 6.45) is 2.48. The molecule has 4 heteroatoms. The van der Waals surface area contributed by atoms with E-state index in [1.165, 1.54) is 12.1 Å². The number of carbonyl (C=O) groups is 1. The number of amides is 1. The van der Waals surface area contributed by atoms with Crippen molar-refractivity contribution in [3.8, 4) is 0 Å². The number of nitrogens with two attached hydrogens (primary N) is 1. The lowest BCUT2D eigenvalue weighted by atomic mass is 9.95. The zero-order valence-electron chi connectivity index (χ0n) is 13.1. The van der Waals surface area contributed by atoms with Crippen LogP contribution in [0.5, 0.6) is 0 Å². The third-order valence-electron chi connectivity index (χ3n) is 4.43. The van der Waals surface area contributed by atoms with Gasteiger partial charge in [-0.15, -0.1) is 0 Å². The van der Waals surface area contributed by atoms with Crippen LogP contribution < -0.4 is 5.73 Å². The summed E-state index contributed by atoms with van der Waals surface area (Å²) < 4.78 is 13.0. The van der Waals surface area contributed by atoms with Gasteiger partial charge in [0.15, 0.2) is 0 Å². The minimum atomic E-state index is -0.791. The van der Waals surface area contributed by atoms with Gasteiger partial charge in [-0.2, -0.15) is 0 Å². The summed E-state index contributed by atoms with van der Waals surface area (Å²) in [5, 5.41) is 0. The minimum absolute atomic E-state index is 0.0291. The van der Waals surface area contributed by atoms with Gasteiger partial charge in [0.25, 0.3) is 0 Å². The highest BCUT2D eigenvalue weighted by atomic mass is 19.1. The fourth-order valence-electron chi connectivity index (χ4n) is 3.24. The molecule has 0 aromatic heterocycles. The van der Waals surface area contributed by atoms with Crippen LogP contribution in [0.1, 0.15) is 51.5 Å². The summed E-state index contributed by atoms with van der Waals surface area (Å²) in [6.45, 7) is 6.58. The maximum atomic E-state index is 13.0. The average Bonchev–Trinajstić information content (AvgIpc) is 2.80. The van der Waals surface area contributed by atoms with Crippen LogP contribution in [0.2, 0.25) is 0 Å². The van der Waals surface area contributed by atoms with Gasteiger partial charge in [0.1, 0.15) is 5.82 Å². The van der Waals surface area contributed by atoms with Gasteiger partial charge < -0.3 is 10.6 Å². The Morgan fingerprint density at radius 3 is 2.62 bits per heavy atom. The second-order valence-corrected chi connectivity index (χ2v) is 6.46. The number of hydrogen-bond acceptors (Lipinski definition) is 2. The maximum Gasteiger partial charge on any atom is 0.242 e. The van der Waals surface area contributed by atoms with Gasteiger partial charge >= 0.3 is 0 Å². The van der Waals surface area contributed by atoms with E-state index in [1.807, 2.05) is 30.9 Å². The van der Waals surface area contributed by atoms with Gasteiger partial charge in [0.2, 0.25) is 5.91 Å². The smallest absolute Gasteiger partial charge is 0.242 e. The van der Waals surface area contributed by atoms with Crippen molar-refractivity contribution in [3.05, 3.63) is 35.6 Å². The van der Waals surface area contributed by atoms with Crippen molar-refractivity contribution in [3.63, 3.8) is 0 Å². The SMILES string of the molecule is CCCC(C)(N)C(=O)N1CC(c2ccc(F)cc2)CC1C. The molecule has 0 spiro atoms. The monoisotopic (exact) mass is 292 g/mol. The van der Waals surface area contributed by atoms with Crippen LogP contribution >= 0.6 is 0 Å². The molecule has 0 saturated carbocycles. The number of rotatable bonds is 4. The Balaban J connectivity index is 2.10. The van der Waals surface area contributed by atoms with Gasteiger partial charge in [0, 0.05) is 18.5 Å². The molecule has 1 aromatic carbocycles. The molecule has 2 rings (SSSR count). The lowest BCUT2D eigenvalue weighted by molar-refractivity contribution is -0.137. The van der Waals surface area contributed by atoms with Crippen molar-refractivity contribution in [1.82, 2.24) is 4.90 Å². The topological polar surface area (TPSA) is 46.3 Å². The quantitative estimate of drug-likeness (QED) is 0.927. The van der Waals surface area contributed by atoms with E-state index < -0.39 is 5.54 Å². The van der Waals surface area contributed by atoms with Gasteiger partial charge in [-0.25, -0.2) is 4.39 Å². The Kier molecular flexibility index (Phi) is 4.67.